The molecule has 0 unspecified atom stereocenters. The van der Waals surface area contributed by atoms with Gasteiger partial charge >= 0.3 is 5.97 Å². The van der Waals surface area contributed by atoms with Crippen molar-refractivity contribution in [2.24, 2.45) is 0 Å². The summed E-state index contributed by atoms with van der Waals surface area (Å²) in [5.74, 6) is -0.418. The highest BCUT2D eigenvalue weighted by atomic mass is 16.5. The molecule has 66 valence electrons. The Hall–Kier alpha value is -1.83. The van der Waals surface area contributed by atoms with E-state index in [1.54, 1.807) is 6.08 Å². The summed E-state index contributed by atoms with van der Waals surface area (Å²) in [5, 5.41) is 0. The largest absolute Gasteiger partial charge is 0.432 e. The van der Waals surface area contributed by atoms with Crippen LogP contribution in [0.25, 0.3) is 6.08 Å². The summed E-state index contributed by atoms with van der Waals surface area (Å²) >= 11 is 0. The number of rotatable bonds is 3. The molecule has 1 rings (SSSR count). The van der Waals surface area contributed by atoms with Crippen LogP contribution in [0, 0.1) is 0 Å². The molecule has 0 saturated heterocycles. The van der Waals surface area contributed by atoms with Crippen LogP contribution in [-0.2, 0) is 9.53 Å². The molecule has 1 aromatic carbocycles. The van der Waals surface area contributed by atoms with E-state index in [0.717, 1.165) is 11.8 Å². The van der Waals surface area contributed by atoms with Crippen molar-refractivity contribution in [1.29, 1.82) is 0 Å². The van der Waals surface area contributed by atoms with Gasteiger partial charge in [0.05, 0.1) is 6.26 Å². The highest BCUT2D eigenvalue weighted by molar-refractivity contribution is 5.87. The van der Waals surface area contributed by atoms with E-state index < -0.39 is 5.97 Å². The molecule has 0 aliphatic heterocycles. The Bertz CT molecular complexity index is 312. The fourth-order valence-electron chi connectivity index (χ4n) is 0.850. The SMILES string of the molecule is C=COC(=O)/C=C\c1ccccc1. The molecule has 0 heterocycles. The third-order valence-corrected chi connectivity index (χ3v) is 1.41. The fraction of sp³-hybridized carbons (Fsp3) is 0. The Morgan fingerprint density at radius 3 is 2.62 bits per heavy atom. The minimum atomic E-state index is -0.418. The zero-order valence-electron chi connectivity index (χ0n) is 7.14. The maximum absolute atomic E-state index is 10.8. The van der Waals surface area contributed by atoms with Gasteiger partial charge in [-0.05, 0) is 11.6 Å². The lowest BCUT2D eigenvalue weighted by molar-refractivity contribution is -0.132. The van der Waals surface area contributed by atoms with E-state index in [9.17, 15) is 4.79 Å². The molecule has 2 nitrogen and oxygen atoms in total. The lowest BCUT2D eigenvalue weighted by atomic mass is 10.2. The molecule has 2 heteroatoms. The molecule has 1 aromatic rings. The van der Waals surface area contributed by atoms with E-state index >= 15 is 0 Å². The van der Waals surface area contributed by atoms with Gasteiger partial charge in [-0.15, -0.1) is 0 Å². The Kier molecular flexibility index (Phi) is 3.51. The van der Waals surface area contributed by atoms with Gasteiger partial charge in [-0.2, -0.15) is 0 Å². The van der Waals surface area contributed by atoms with Crippen LogP contribution in [0.15, 0.2) is 49.2 Å². The van der Waals surface area contributed by atoms with Crippen LogP contribution in [0.1, 0.15) is 5.56 Å². The van der Waals surface area contributed by atoms with Crippen LogP contribution < -0.4 is 0 Å². The smallest absolute Gasteiger partial charge is 0.335 e. The van der Waals surface area contributed by atoms with Crippen LogP contribution in [0.5, 0.6) is 0 Å². The van der Waals surface area contributed by atoms with E-state index in [1.165, 1.54) is 6.08 Å². The highest BCUT2D eigenvalue weighted by Gasteiger charge is 1.91. The Morgan fingerprint density at radius 1 is 1.31 bits per heavy atom. The van der Waals surface area contributed by atoms with E-state index in [1.807, 2.05) is 30.3 Å². The predicted octanol–water partition coefficient (Wildman–Crippen LogP) is 2.39. The number of ether oxygens (including phenoxy) is 1. The van der Waals surface area contributed by atoms with Crippen molar-refractivity contribution in [3.63, 3.8) is 0 Å². The topological polar surface area (TPSA) is 26.3 Å². The van der Waals surface area contributed by atoms with Gasteiger partial charge in [0.2, 0.25) is 0 Å². The molecule has 13 heavy (non-hydrogen) atoms. The van der Waals surface area contributed by atoms with Crippen LogP contribution >= 0.6 is 0 Å². The molecule has 0 fully saturated rings. The van der Waals surface area contributed by atoms with E-state index in [0.29, 0.717) is 0 Å². The van der Waals surface area contributed by atoms with Crippen molar-refractivity contribution in [3.8, 4) is 0 Å². The van der Waals surface area contributed by atoms with Crippen molar-refractivity contribution in [1.82, 2.24) is 0 Å². The van der Waals surface area contributed by atoms with Crippen LogP contribution in [0.3, 0.4) is 0 Å². The van der Waals surface area contributed by atoms with Crippen molar-refractivity contribution < 1.29 is 9.53 Å². The summed E-state index contributed by atoms with van der Waals surface area (Å²) in [6.07, 6.45) is 4.15. The van der Waals surface area contributed by atoms with E-state index in [-0.39, 0.29) is 0 Å². The molecule has 0 saturated carbocycles. The number of carbonyl (C=O) groups excluding carboxylic acids is 1. The number of benzene rings is 1. The maximum Gasteiger partial charge on any atom is 0.335 e. The molecular weight excluding hydrogens is 164 g/mol. The summed E-state index contributed by atoms with van der Waals surface area (Å²) < 4.78 is 4.50. The summed E-state index contributed by atoms with van der Waals surface area (Å²) in [6.45, 7) is 3.28. The number of esters is 1. The van der Waals surface area contributed by atoms with Gasteiger partial charge in [0.1, 0.15) is 0 Å². The molecule has 0 aliphatic rings. The van der Waals surface area contributed by atoms with Gasteiger partial charge in [0.25, 0.3) is 0 Å². The standard InChI is InChI=1S/C11H10O2/c1-2-13-11(12)9-8-10-6-4-3-5-7-10/h2-9H,1H2/b9-8-. The number of carbonyl (C=O) groups is 1. The molecule has 0 atom stereocenters. The quantitative estimate of drug-likeness (QED) is 0.399. The monoisotopic (exact) mass is 174 g/mol. The molecule has 0 N–H and O–H groups in total. The molecule has 0 radical (unpaired) electrons. The first kappa shape index (κ1) is 9.26. The van der Waals surface area contributed by atoms with E-state index in [4.69, 9.17) is 0 Å². The second kappa shape index (κ2) is 4.93. The molecule has 0 spiro atoms. The molecular formula is C11H10O2. The third-order valence-electron chi connectivity index (χ3n) is 1.41. The van der Waals surface area contributed by atoms with Crippen molar-refractivity contribution in [3.05, 3.63) is 54.8 Å². The van der Waals surface area contributed by atoms with Gasteiger partial charge < -0.3 is 4.74 Å². The molecule has 0 aliphatic carbocycles. The minimum Gasteiger partial charge on any atom is -0.432 e. The fourth-order valence-corrected chi connectivity index (χ4v) is 0.850. The third kappa shape index (κ3) is 3.38. The van der Waals surface area contributed by atoms with Gasteiger partial charge in [-0.25, -0.2) is 4.79 Å². The van der Waals surface area contributed by atoms with Crippen LogP contribution in [-0.4, -0.2) is 5.97 Å². The lowest BCUT2D eigenvalue weighted by Crippen LogP contribution is -1.92. The van der Waals surface area contributed by atoms with Crippen molar-refractivity contribution >= 4 is 12.0 Å². The number of hydrogen-bond acceptors (Lipinski definition) is 2. The minimum absolute atomic E-state index is 0.418. The maximum atomic E-state index is 10.8. The summed E-state index contributed by atoms with van der Waals surface area (Å²) in [5.41, 5.74) is 0.962. The van der Waals surface area contributed by atoms with Gasteiger partial charge in [0.15, 0.2) is 0 Å². The normalized spacial score (nSPS) is 9.85. The summed E-state index contributed by atoms with van der Waals surface area (Å²) in [7, 11) is 0. The van der Waals surface area contributed by atoms with Crippen LogP contribution in [0.4, 0.5) is 0 Å². The first-order chi connectivity index (χ1) is 6.33. The second-order valence-corrected chi connectivity index (χ2v) is 2.35. The molecule has 0 aromatic heterocycles. The Labute approximate surface area is 77.2 Å². The van der Waals surface area contributed by atoms with E-state index in [2.05, 4.69) is 11.3 Å². The lowest BCUT2D eigenvalue weighted by Gasteiger charge is -1.91. The summed E-state index contributed by atoms with van der Waals surface area (Å²) in [4.78, 5) is 10.8. The molecule has 0 bridgehead atoms. The predicted molar refractivity (Wildman–Crippen MR) is 51.8 cm³/mol. The van der Waals surface area contributed by atoms with Crippen molar-refractivity contribution in [2.75, 3.05) is 0 Å². The molecule has 0 amide bonds. The first-order valence-corrected chi connectivity index (χ1v) is 3.87. The van der Waals surface area contributed by atoms with Gasteiger partial charge in [-0.1, -0.05) is 36.9 Å². The Balaban J connectivity index is 2.58. The zero-order valence-corrected chi connectivity index (χ0v) is 7.14. The van der Waals surface area contributed by atoms with Gasteiger partial charge in [-0.3, -0.25) is 0 Å². The average Bonchev–Trinajstić information content (AvgIpc) is 2.17. The van der Waals surface area contributed by atoms with Gasteiger partial charge in [0, 0.05) is 6.08 Å². The van der Waals surface area contributed by atoms with Crippen molar-refractivity contribution in [2.45, 2.75) is 0 Å². The highest BCUT2D eigenvalue weighted by Crippen LogP contribution is 2.00. The number of hydrogen-bond donors (Lipinski definition) is 0. The second-order valence-electron chi connectivity index (χ2n) is 2.35. The zero-order chi connectivity index (χ0) is 9.52. The van der Waals surface area contributed by atoms with Crippen LogP contribution in [0.2, 0.25) is 0 Å². The average molecular weight is 174 g/mol. The summed E-state index contributed by atoms with van der Waals surface area (Å²) in [6, 6.07) is 9.52. The first-order valence-electron chi connectivity index (χ1n) is 3.87. The Morgan fingerprint density at radius 2 is 2.00 bits per heavy atom.